The van der Waals surface area contributed by atoms with Crippen LogP contribution in [-0.2, 0) is 10.0 Å². The van der Waals surface area contributed by atoms with E-state index in [4.69, 9.17) is 4.74 Å². The summed E-state index contributed by atoms with van der Waals surface area (Å²) in [6.07, 6.45) is 1.64. The number of rotatable bonds is 7. The lowest BCUT2D eigenvalue weighted by atomic mass is 10.2. The van der Waals surface area contributed by atoms with Crippen LogP contribution >= 0.6 is 0 Å². The van der Waals surface area contributed by atoms with E-state index < -0.39 is 10.0 Å². The Morgan fingerprint density at radius 2 is 1.91 bits per heavy atom. The second-order valence-electron chi connectivity index (χ2n) is 5.23. The molecule has 124 valence electrons. The Kier molecular flexibility index (Phi) is 5.44. The number of hydrogen-bond acceptors (Lipinski definition) is 5. The molecule has 1 heterocycles. The summed E-state index contributed by atoms with van der Waals surface area (Å²) in [6.45, 7) is 5.50. The Morgan fingerprint density at radius 3 is 2.52 bits per heavy atom. The molecular formula is C16H21N3O3S. The highest BCUT2D eigenvalue weighted by Gasteiger charge is 2.08. The lowest BCUT2D eigenvalue weighted by Crippen LogP contribution is -2.15. The minimum Gasteiger partial charge on any atom is -0.489 e. The summed E-state index contributed by atoms with van der Waals surface area (Å²) in [5.74, 6) is 1.05. The quantitative estimate of drug-likeness (QED) is 0.811. The molecule has 0 fully saturated rings. The summed E-state index contributed by atoms with van der Waals surface area (Å²) in [6, 6.07) is 11.0. The molecule has 2 rings (SSSR count). The third-order valence-electron chi connectivity index (χ3n) is 2.93. The highest BCUT2D eigenvalue weighted by molar-refractivity contribution is 7.92. The maximum atomic E-state index is 11.5. The molecule has 0 radical (unpaired) electrons. The van der Waals surface area contributed by atoms with Crippen LogP contribution in [0.4, 0.5) is 17.2 Å². The van der Waals surface area contributed by atoms with E-state index in [1.165, 1.54) is 0 Å². The van der Waals surface area contributed by atoms with E-state index in [2.05, 4.69) is 15.0 Å². The normalized spacial score (nSPS) is 11.3. The average molecular weight is 335 g/mol. The van der Waals surface area contributed by atoms with Crippen LogP contribution in [0.25, 0.3) is 0 Å². The van der Waals surface area contributed by atoms with E-state index in [9.17, 15) is 8.42 Å². The van der Waals surface area contributed by atoms with Gasteiger partial charge in [0, 0.05) is 0 Å². The van der Waals surface area contributed by atoms with Crippen LogP contribution in [0.2, 0.25) is 0 Å². The van der Waals surface area contributed by atoms with Crippen LogP contribution in [0.3, 0.4) is 0 Å². The number of para-hydroxylation sites is 2. The molecule has 2 aromatic rings. The molecule has 1 aromatic heterocycles. The number of nitrogens with zero attached hydrogens (tertiary/aromatic N) is 1. The number of sulfonamides is 1. The van der Waals surface area contributed by atoms with Gasteiger partial charge in [0.1, 0.15) is 11.6 Å². The second-order valence-corrected chi connectivity index (χ2v) is 7.24. The van der Waals surface area contributed by atoms with Gasteiger partial charge < -0.3 is 10.1 Å². The van der Waals surface area contributed by atoms with E-state index >= 15 is 0 Å². The first-order valence-corrected chi connectivity index (χ1v) is 9.04. The van der Waals surface area contributed by atoms with E-state index in [1.54, 1.807) is 25.3 Å². The molecule has 0 aliphatic carbocycles. The zero-order valence-corrected chi connectivity index (χ0v) is 14.2. The van der Waals surface area contributed by atoms with Gasteiger partial charge in [-0.3, -0.25) is 4.72 Å². The minimum absolute atomic E-state index is 0.00853. The molecule has 0 amide bonds. The molecule has 7 heteroatoms. The molecule has 23 heavy (non-hydrogen) atoms. The van der Waals surface area contributed by atoms with Gasteiger partial charge in [-0.05, 0) is 45.0 Å². The van der Waals surface area contributed by atoms with Gasteiger partial charge in [0.25, 0.3) is 0 Å². The number of anilines is 3. The topological polar surface area (TPSA) is 80.3 Å². The van der Waals surface area contributed by atoms with Crippen molar-refractivity contribution < 1.29 is 13.2 Å². The van der Waals surface area contributed by atoms with Crippen LogP contribution < -0.4 is 14.8 Å². The van der Waals surface area contributed by atoms with Crippen LogP contribution in [0.1, 0.15) is 20.8 Å². The summed E-state index contributed by atoms with van der Waals surface area (Å²) in [7, 11) is -3.32. The van der Waals surface area contributed by atoms with Gasteiger partial charge in [-0.1, -0.05) is 12.1 Å². The summed E-state index contributed by atoms with van der Waals surface area (Å²) >= 11 is 0. The Bertz CT molecular complexity index is 743. The molecule has 0 aliphatic heterocycles. The summed E-state index contributed by atoms with van der Waals surface area (Å²) in [5, 5.41) is 3.22. The zero-order valence-electron chi connectivity index (χ0n) is 13.4. The predicted molar refractivity (Wildman–Crippen MR) is 92.8 cm³/mol. The number of benzene rings is 1. The lowest BCUT2D eigenvalue weighted by molar-refractivity contribution is 0.244. The maximum absolute atomic E-state index is 11.5. The standard InChI is InChI=1S/C16H21N3O3S/c1-4-23(20,21)19-16-10-9-13(11-17-16)18-14-7-5-6-8-15(14)22-12(2)3/h5-12,18H,4H2,1-3H3,(H,17,19). The largest absolute Gasteiger partial charge is 0.489 e. The van der Waals surface area contributed by atoms with Crippen molar-refractivity contribution in [1.29, 1.82) is 0 Å². The van der Waals surface area contributed by atoms with Gasteiger partial charge in [0.15, 0.2) is 0 Å². The van der Waals surface area contributed by atoms with E-state index in [0.717, 1.165) is 17.1 Å². The van der Waals surface area contributed by atoms with Crippen molar-refractivity contribution in [3.63, 3.8) is 0 Å². The molecule has 0 saturated heterocycles. The van der Waals surface area contributed by atoms with E-state index in [-0.39, 0.29) is 11.9 Å². The number of ether oxygens (including phenoxy) is 1. The van der Waals surface area contributed by atoms with Gasteiger partial charge in [-0.15, -0.1) is 0 Å². The van der Waals surface area contributed by atoms with E-state index in [1.807, 2.05) is 38.1 Å². The molecule has 0 aliphatic rings. The smallest absolute Gasteiger partial charge is 0.233 e. The van der Waals surface area contributed by atoms with Gasteiger partial charge in [-0.25, -0.2) is 13.4 Å². The number of pyridine rings is 1. The summed E-state index contributed by atoms with van der Waals surface area (Å²) < 4.78 is 31.2. The number of nitrogens with one attached hydrogen (secondary N) is 2. The molecule has 2 N–H and O–H groups in total. The number of hydrogen-bond donors (Lipinski definition) is 2. The SMILES string of the molecule is CCS(=O)(=O)Nc1ccc(Nc2ccccc2OC(C)C)cn1. The van der Waals surface area contributed by atoms with Crippen molar-refractivity contribution >= 4 is 27.2 Å². The Balaban J connectivity index is 2.13. The second kappa shape index (κ2) is 7.32. The third kappa shape index (κ3) is 5.14. The van der Waals surface area contributed by atoms with E-state index in [0.29, 0.717) is 5.82 Å². The Hall–Kier alpha value is -2.28. The van der Waals surface area contributed by atoms with Crippen LogP contribution in [0.5, 0.6) is 5.75 Å². The van der Waals surface area contributed by atoms with Gasteiger partial charge in [0.05, 0.1) is 29.4 Å². The highest BCUT2D eigenvalue weighted by Crippen LogP contribution is 2.28. The molecule has 0 spiro atoms. The van der Waals surface area contributed by atoms with Gasteiger partial charge in [0.2, 0.25) is 10.0 Å². The van der Waals surface area contributed by atoms with Crippen LogP contribution in [0.15, 0.2) is 42.6 Å². The molecule has 0 saturated carbocycles. The molecule has 0 unspecified atom stereocenters. The van der Waals surface area contributed by atoms with Crippen molar-refractivity contribution in [3.8, 4) is 5.75 Å². The van der Waals surface area contributed by atoms with Crippen molar-refractivity contribution in [2.24, 2.45) is 0 Å². The predicted octanol–water partition coefficient (Wildman–Crippen LogP) is 3.37. The monoisotopic (exact) mass is 335 g/mol. The van der Waals surface area contributed by atoms with Crippen molar-refractivity contribution in [2.45, 2.75) is 26.9 Å². The first-order chi connectivity index (χ1) is 10.9. The fourth-order valence-corrected chi connectivity index (χ4v) is 2.43. The first kappa shape index (κ1) is 17.1. The van der Waals surface area contributed by atoms with Gasteiger partial charge in [-0.2, -0.15) is 0 Å². The third-order valence-corrected chi connectivity index (χ3v) is 4.21. The molecular weight excluding hydrogens is 314 g/mol. The minimum atomic E-state index is -3.32. The maximum Gasteiger partial charge on any atom is 0.233 e. The molecule has 0 bridgehead atoms. The molecule has 1 aromatic carbocycles. The van der Waals surface area contributed by atoms with Crippen molar-refractivity contribution in [3.05, 3.63) is 42.6 Å². The fraction of sp³-hybridized carbons (Fsp3) is 0.312. The van der Waals surface area contributed by atoms with Crippen molar-refractivity contribution in [1.82, 2.24) is 4.98 Å². The summed E-state index contributed by atoms with van der Waals surface area (Å²) in [5.41, 5.74) is 1.56. The van der Waals surface area contributed by atoms with Crippen molar-refractivity contribution in [2.75, 3.05) is 15.8 Å². The molecule has 0 atom stereocenters. The average Bonchev–Trinajstić information content (AvgIpc) is 2.50. The van der Waals surface area contributed by atoms with Gasteiger partial charge >= 0.3 is 0 Å². The highest BCUT2D eigenvalue weighted by atomic mass is 32.2. The summed E-state index contributed by atoms with van der Waals surface area (Å²) in [4.78, 5) is 4.11. The van der Waals surface area contributed by atoms with Crippen LogP contribution in [0, 0.1) is 0 Å². The Labute approximate surface area is 137 Å². The Morgan fingerprint density at radius 1 is 1.17 bits per heavy atom. The molecule has 6 nitrogen and oxygen atoms in total. The fourth-order valence-electron chi connectivity index (χ4n) is 1.84. The number of aromatic nitrogens is 1. The first-order valence-electron chi connectivity index (χ1n) is 7.39. The lowest BCUT2D eigenvalue weighted by Gasteiger charge is -2.15. The van der Waals surface area contributed by atoms with Crippen LogP contribution in [-0.4, -0.2) is 25.3 Å². The zero-order chi connectivity index (χ0) is 16.9.